The van der Waals surface area contributed by atoms with E-state index in [1.165, 1.54) is 37.7 Å². The van der Waals surface area contributed by atoms with Crippen molar-refractivity contribution in [3.63, 3.8) is 0 Å². The Labute approximate surface area is 209 Å². The largest absolute Gasteiger partial charge is 0.487 e. The minimum Gasteiger partial charge on any atom is -0.487 e. The van der Waals surface area contributed by atoms with Crippen LogP contribution in [-0.4, -0.2) is 37.1 Å². The molecule has 0 fully saturated rings. The van der Waals surface area contributed by atoms with Crippen LogP contribution in [0.15, 0.2) is 0 Å². The fourth-order valence-electron chi connectivity index (χ4n) is 5.04. The second kappa shape index (κ2) is 12.4. The van der Waals surface area contributed by atoms with E-state index in [1.807, 2.05) is 25.9 Å². The summed E-state index contributed by atoms with van der Waals surface area (Å²) in [5.74, 6) is 3.88. The molecule has 4 heteroatoms. The molecule has 0 radical (unpaired) electrons. The van der Waals surface area contributed by atoms with Gasteiger partial charge in [-0.05, 0) is 102 Å². The summed E-state index contributed by atoms with van der Waals surface area (Å²) < 4.78 is 12.5. The number of ether oxygens (including phenoxy) is 2. The van der Waals surface area contributed by atoms with E-state index >= 15 is 0 Å². The minimum absolute atomic E-state index is 0.128. The molecular formula is C30H51NO3. The van der Waals surface area contributed by atoms with Crippen molar-refractivity contribution in [3.05, 3.63) is 22.3 Å². The standard InChI is InChI=1S/C30H51NO3/c1-20(2)11-12-21(3)13-14-22(4)15-17-30(8)18-16-26-25(7)28(33-27(32)19-31(9)10)23(5)24(6)29(26)34-30/h20-22H,11-19H2,1-10H3/t21?,22?,30-/m1/s1. The van der Waals surface area contributed by atoms with Crippen molar-refractivity contribution in [1.82, 2.24) is 4.90 Å². The van der Waals surface area contributed by atoms with Crippen LogP contribution >= 0.6 is 0 Å². The van der Waals surface area contributed by atoms with Gasteiger partial charge in [0.1, 0.15) is 17.1 Å². The fourth-order valence-corrected chi connectivity index (χ4v) is 5.04. The summed E-state index contributed by atoms with van der Waals surface area (Å²) in [7, 11) is 3.75. The van der Waals surface area contributed by atoms with E-state index in [1.54, 1.807) is 0 Å². The fraction of sp³-hybridized carbons (Fsp3) is 0.767. The number of carbonyl (C=O) groups is 1. The Balaban J connectivity index is 2.01. The topological polar surface area (TPSA) is 38.8 Å². The molecule has 0 amide bonds. The SMILES string of the molecule is Cc1c(C)c2c(c(C)c1OC(=O)CN(C)C)CC[C@@](C)(CCC(C)CCC(C)CCC(C)C)O2. The minimum atomic E-state index is -0.218. The lowest BCUT2D eigenvalue weighted by Gasteiger charge is -2.39. The van der Waals surface area contributed by atoms with Crippen molar-refractivity contribution in [2.24, 2.45) is 17.8 Å². The second-order valence-corrected chi connectivity index (χ2v) is 12.1. The molecular weight excluding hydrogens is 422 g/mol. The van der Waals surface area contributed by atoms with Crippen molar-refractivity contribution < 1.29 is 14.3 Å². The van der Waals surface area contributed by atoms with Gasteiger partial charge in [-0.2, -0.15) is 0 Å². The van der Waals surface area contributed by atoms with E-state index in [2.05, 4.69) is 48.5 Å². The third-order valence-corrected chi connectivity index (χ3v) is 7.78. The summed E-state index contributed by atoms with van der Waals surface area (Å²) in [5.41, 5.74) is 4.25. The second-order valence-electron chi connectivity index (χ2n) is 12.1. The van der Waals surface area contributed by atoms with Gasteiger partial charge in [-0.1, -0.05) is 53.4 Å². The van der Waals surface area contributed by atoms with Crippen LogP contribution in [0, 0.1) is 38.5 Å². The maximum absolute atomic E-state index is 12.3. The van der Waals surface area contributed by atoms with E-state index in [0.717, 1.165) is 65.2 Å². The summed E-state index contributed by atoms with van der Waals surface area (Å²) in [6.45, 7) is 18.2. The third kappa shape index (κ3) is 8.00. The molecule has 1 aliphatic heterocycles. The first kappa shape index (κ1) is 28.7. The molecule has 0 saturated carbocycles. The van der Waals surface area contributed by atoms with E-state index in [9.17, 15) is 4.79 Å². The monoisotopic (exact) mass is 473 g/mol. The van der Waals surface area contributed by atoms with Crippen molar-refractivity contribution >= 4 is 5.97 Å². The number of likely N-dealkylation sites (N-methyl/N-ethyl adjacent to an activating group) is 1. The van der Waals surface area contributed by atoms with Crippen LogP contribution in [0.1, 0.15) is 102 Å². The maximum atomic E-state index is 12.3. The van der Waals surface area contributed by atoms with Gasteiger partial charge >= 0.3 is 5.97 Å². The van der Waals surface area contributed by atoms with E-state index in [-0.39, 0.29) is 18.1 Å². The van der Waals surface area contributed by atoms with Crippen molar-refractivity contribution in [2.75, 3.05) is 20.6 Å². The Kier molecular flexibility index (Phi) is 10.5. The zero-order chi connectivity index (χ0) is 25.6. The molecule has 34 heavy (non-hydrogen) atoms. The molecule has 0 bridgehead atoms. The number of nitrogens with zero attached hydrogens (tertiary/aromatic N) is 1. The lowest BCUT2D eigenvalue weighted by molar-refractivity contribution is -0.135. The quantitative estimate of drug-likeness (QED) is 0.234. The van der Waals surface area contributed by atoms with Gasteiger partial charge in [0.15, 0.2) is 0 Å². The number of fused-ring (bicyclic) bond motifs is 1. The van der Waals surface area contributed by atoms with E-state index in [4.69, 9.17) is 9.47 Å². The Morgan fingerprint density at radius 1 is 0.941 bits per heavy atom. The smallest absolute Gasteiger partial charge is 0.325 e. The molecule has 194 valence electrons. The van der Waals surface area contributed by atoms with Crippen LogP contribution in [0.25, 0.3) is 0 Å². The van der Waals surface area contributed by atoms with Crippen LogP contribution in [0.2, 0.25) is 0 Å². The molecule has 1 aromatic carbocycles. The first-order valence-corrected chi connectivity index (χ1v) is 13.5. The molecule has 0 N–H and O–H groups in total. The normalized spacial score (nSPS) is 19.6. The lowest BCUT2D eigenvalue weighted by Crippen LogP contribution is -2.37. The van der Waals surface area contributed by atoms with Crippen LogP contribution in [-0.2, 0) is 11.2 Å². The number of hydrogen-bond acceptors (Lipinski definition) is 4. The Hall–Kier alpha value is -1.55. The van der Waals surface area contributed by atoms with Crippen molar-refractivity contribution in [1.29, 1.82) is 0 Å². The molecule has 1 aliphatic rings. The number of rotatable bonds is 12. The highest BCUT2D eigenvalue weighted by atomic mass is 16.5. The van der Waals surface area contributed by atoms with Gasteiger partial charge in [0, 0.05) is 5.56 Å². The van der Waals surface area contributed by atoms with Gasteiger partial charge in [0.25, 0.3) is 0 Å². The molecule has 0 saturated heterocycles. The first-order valence-electron chi connectivity index (χ1n) is 13.5. The molecule has 3 atom stereocenters. The highest BCUT2D eigenvalue weighted by Gasteiger charge is 2.35. The average molecular weight is 474 g/mol. The molecule has 0 aliphatic carbocycles. The lowest BCUT2D eigenvalue weighted by atomic mass is 9.82. The zero-order valence-corrected chi connectivity index (χ0v) is 23.8. The number of carbonyl (C=O) groups excluding carboxylic acids is 1. The predicted molar refractivity (Wildman–Crippen MR) is 143 cm³/mol. The van der Waals surface area contributed by atoms with E-state index in [0.29, 0.717) is 0 Å². The summed E-state index contributed by atoms with van der Waals surface area (Å²) in [4.78, 5) is 14.2. The summed E-state index contributed by atoms with van der Waals surface area (Å²) in [6, 6.07) is 0. The number of esters is 1. The third-order valence-electron chi connectivity index (χ3n) is 7.78. The Morgan fingerprint density at radius 2 is 1.53 bits per heavy atom. The molecule has 0 spiro atoms. The van der Waals surface area contributed by atoms with Crippen LogP contribution in [0.4, 0.5) is 0 Å². The van der Waals surface area contributed by atoms with Crippen LogP contribution in [0.5, 0.6) is 11.5 Å². The highest BCUT2D eigenvalue weighted by molar-refractivity contribution is 5.76. The van der Waals surface area contributed by atoms with Gasteiger partial charge in [0.2, 0.25) is 0 Å². The summed E-state index contributed by atoms with van der Waals surface area (Å²) in [5, 5.41) is 0. The molecule has 4 nitrogen and oxygen atoms in total. The van der Waals surface area contributed by atoms with Gasteiger partial charge in [-0.15, -0.1) is 0 Å². The van der Waals surface area contributed by atoms with Crippen LogP contribution < -0.4 is 9.47 Å². The zero-order valence-electron chi connectivity index (χ0n) is 23.8. The maximum Gasteiger partial charge on any atom is 0.325 e. The molecule has 1 aromatic rings. The van der Waals surface area contributed by atoms with Crippen LogP contribution in [0.3, 0.4) is 0 Å². The summed E-state index contributed by atoms with van der Waals surface area (Å²) >= 11 is 0. The van der Waals surface area contributed by atoms with Gasteiger partial charge in [-0.25, -0.2) is 0 Å². The average Bonchev–Trinajstić information content (AvgIpc) is 2.75. The molecule has 0 aromatic heterocycles. The Bertz CT molecular complexity index is 829. The van der Waals surface area contributed by atoms with Crippen molar-refractivity contribution in [2.45, 2.75) is 112 Å². The number of benzene rings is 1. The molecule has 2 rings (SSSR count). The van der Waals surface area contributed by atoms with Crippen molar-refractivity contribution in [3.8, 4) is 11.5 Å². The van der Waals surface area contributed by atoms with Gasteiger partial charge < -0.3 is 9.47 Å². The van der Waals surface area contributed by atoms with Gasteiger partial charge in [-0.3, -0.25) is 9.69 Å². The van der Waals surface area contributed by atoms with E-state index < -0.39 is 0 Å². The summed E-state index contributed by atoms with van der Waals surface area (Å²) in [6.07, 6.45) is 9.61. The van der Waals surface area contributed by atoms with Gasteiger partial charge in [0.05, 0.1) is 6.54 Å². The predicted octanol–water partition coefficient (Wildman–Crippen LogP) is 7.43. The molecule has 1 heterocycles. The molecule has 2 unspecified atom stereocenters. The highest BCUT2D eigenvalue weighted by Crippen LogP contribution is 2.45. The first-order chi connectivity index (χ1) is 15.8. The number of hydrogen-bond donors (Lipinski definition) is 0. The Morgan fingerprint density at radius 3 is 2.12 bits per heavy atom.